The number of thiophene rings is 1. The van der Waals surface area contributed by atoms with Crippen molar-refractivity contribution in [3.05, 3.63) is 49.6 Å². The molecule has 0 saturated carbocycles. The van der Waals surface area contributed by atoms with Gasteiger partial charge in [-0.3, -0.25) is 0 Å². The molecule has 0 spiro atoms. The van der Waals surface area contributed by atoms with Crippen LogP contribution in [0.2, 0.25) is 10.0 Å². The molecule has 0 aliphatic carbocycles. The summed E-state index contributed by atoms with van der Waals surface area (Å²) in [7, 11) is 0. The number of halogens is 2. The topological polar surface area (TPSA) is 46.5 Å². The fourth-order valence-corrected chi connectivity index (χ4v) is 2.99. The number of hydrogen-bond acceptors (Lipinski definition) is 3. The predicted octanol–water partition coefficient (Wildman–Crippen LogP) is 5.46. The second-order valence-electron chi connectivity index (χ2n) is 4.84. The number of hydrogen-bond donors (Lipinski definition) is 1. The van der Waals surface area contributed by atoms with Crippen LogP contribution in [0, 0.1) is 0 Å². The van der Waals surface area contributed by atoms with E-state index in [2.05, 4.69) is 0 Å². The van der Waals surface area contributed by atoms with Crippen LogP contribution in [0.5, 0.6) is 5.75 Å². The van der Waals surface area contributed by atoms with Crippen LogP contribution in [0.15, 0.2) is 24.3 Å². The van der Waals surface area contributed by atoms with Crippen LogP contribution in [-0.4, -0.2) is 11.1 Å². The first-order valence-corrected chi connectivity index (χ1v) is 7.89. The van der Waals surface area contributed by atoms with Gasteiger partial charge in [0.25, 0.3) is 0 Å². The van der Waals surface area contributed by atoms with Gasteiger partial charge in [0.2, 0.25) is 0 Å². The van der Waals surface area contributed by atoms with Crippen LogP contribution in [0.1, 0.15) is 39.9 Å². The summed E-state index contributed by atoms with van der Waals surface area (Å²) in [6.45, 7) is 4.27. The highest BCUT2D eigenvalue weighted by Gasteiger charge is 2.18. The minimum absolute atomic E-state index is 0.221. The number of carboxylic acid groups (broad SMARTS) is 1. The Morgan fingerprint density at radius 2 is 2.00 bits per heavy atom. The Kier molecular flexibility index (Phi) is 5.14. The van der Waals surface area contributed by atoms with Gasteiger partial charge in [0.1, 0.15) is 12.4 Å². The molecule has 112 valence electrons. The summed E-state index contributed by atoms with van der Waals surface area (Å²) in [5.41, 5.74) is 0.832. The molecule has 1 aromatic heterocycles. The van der Waals surface area contributed by atoms with E-state index < -0.39 is 5.97 Å². The molecule has 0 aliphatic heterocycles. The van der Waals surface area contributed by atoms with E-state index in [1.165, 1.54) is 11.3 Å². The quantitative estimate of drug-likeness (QED) is 0.783. The van der Waals surface area contributed by atoms with E-state index >= 15 is 0 Å². The Morgan fingerprint density at radius 3 is 2.57 bits per heavy atom. The average Bonchev–Trinajstić information content (AvgIpc) is 2.85. The molecule has 0 unspecified atom stereocenters. The van der Waals surface area contributed by atoms with Crippen LogP contribution < -0.4 is 4.74 Å². The van der Waals surface area contributed by atoms with Crippen molar-refractivity contribution in [1.82, 2.24) is 0 Å². The Hall–Kier alpha value is -1.23. The van der Waals surface area contributed by atoms with Gasteiger partial charge in [-0.25, -0.2) is 4.79 Å². The molecule has 0 fully saturated rings. The number of aromatic carboxylic acids is 1. The van der Waals surface area contributed by atoms with Gasteiger partial charge in [-0.05, 0) is 29.7 Å². The van der Waals surface area contributed by atoms with Gasteiger partial charge in [0.15, 0.2) is 4.88 Å². The highest BCUT2D eigenvalue weighted by atomic mass is 35.5. The van der Waals surface area contributed by atoms with Crippen LogP contribution >= 0.6 is 34.5 Å². The summed E-state index contributed by atoms with van der Waals surface area (Å²) in [5.74, 6) is -0.325. The van der Waals surface area contributed by atoms with Crippen LogP contribution in [0.3, 0.4) is 0 Å². The second-order valence-corrected chi connectivity index (χ2v) is 6.74. The fourth-order valence-electron chi connectivity index (χ4n) is 1.72. The lowest BCUT2D eigenvalue weighted by Gasteiger charge is -2.06. The molecule has 0 amide bonds. The zero-order chi connectivity index (χ0) is 15.6. The maximum Gasteiger partial charge on any atom is 0.349 e. The standard InChI is InChI=1S/C15H14Cl2O3S/c1-8(2)13-6-12(14(21-13)15(18)19)20-7-9-3-4-10(16)11(17)5-9/h3-6,8H,7H2,1-2H3,(H,18,19). The maximum atomic E-state index is 11.3. The molecule has 2 aromatic rings. The molecule has 0 bridgehead atoms. The largest absolute Gasteiger partial charge is 0.487 e. The van der Waals surface area contributed by atoms with Crippen molar-refractivity contribution in [1.29, 1.82) is 0 Å². The molecule has 2 rings (SSSR count). The normalized spacial score (nSPS) is 10.9. The van der Waals surface area contributed by atoms with E-state index in [0.717, 1.165) is 10.4 Å². The van der Waals surface area contributed by atoms with E-state index in [4.69, 9.17) is 27.9 Å². The number of ether oxygens (including phenoxy) is 1. The maximum absolute atomic E-state index is 11.3. The Labute approximate surface area is 137 Å². The van der Waals surface area contributed by atoms with E-state index in [0.29, 0.717) is 15.8 Å². The van der Waals surface area contributed by atoms with Crippen molar-refractivity contribution in [2.24, 2.45) is 0 Å². The third kappa shape index (κ3) is 3.90. The van der Waals surface area contributed by atoms with E-state index in [-0.39, 0.29) is 17.4 Å². The predicted molar refractivity (Wildman–Crippen MR) is 86.2 cm³/mol. The Morgan fingerprint density at radius 1 is 1.29 bits per heavy atom. The number of benzene rings is 1. The third-order valence-corrected chi connectivity index (χ3v) is 5.00. The summed E-state index contributed by atoms with van der Waals surface area (Å²) in [5, 5.41) is 10.2. The molecule has 3 nitrogen and oxygen atoms in total. The minimum atomic E-state index is -0.976. The van der Waals surface area contributed by atoms with Crippen LogP contribution in [0.25, 0.3) is 0 Å². The fraction of sp³-hybridized carbons (Fsp3) is 0.267. The summed E-state index contributed by atoms with van der Waals surface area (Å²) in [6, 6.07) is 6.98. The van der Waals surface area contributed by atoms with E-state index in [1.807, 2.05) is 13.8 Å². The van der Waals surface area contributed by atoms with Crippen molar-refractivity contribution in [2.45, 2.75) is 26.4 Å². The molecule has 6 heteroatoms. The molecule has 1 aromatic carbocycles. The van der Waals surface area contributed by atoms with Crippen LogP contribution in [-0.2, 0) is 6.61 Å². The van der Waals surface area contributed by atoms with Gasteiger partial charge in [-0.2, -0.15) is 0 Å². The number of carbonyl (C=O) groups is 1. The van der Waals surface area contributed by atoms with Crippen molar-refractivity contribution in [2.75, 3.05) is 0 Å². The van der Waals surface area contributed by atoms with Crippen LogP contribution in [0.4, 0.5) is 0 Å². The Balaban J connectivity index is 2.18. The molecule has 0 aliphatic rings. The highest BCUT2D eigenvalue weighted by molar-refractivity contribution is 7.14. The molecule has 1 N–H and O–H groups in total. The first-order chi connectivity index (χ1) is 9.88. The lowest BCUT2D eigenvalue weighted by atomic mass is 10.2. The van der Waals surface area contributed by atoms with Gasteiger partial charge in [0.05, 0.1) is 10.0 Å². The van der Waals surface area contributed by atoms with Crippen molar-refractivity contribution < 1.29 is 14.6 Å². The lowest BCUT2D eigenvalue weighted by molar-refractivity contribution is 0.0697. The van der Waals surface area contributed by atoms with Crippen molar-refractivity contribution in [3.8, 4) is 5.75 Å². The Bertz CT molecular complexity index is 665. The van der Waals surface area contributed by atoms with Gasteiger partial charge in [-0.15, -0.1) is 11.3 Å². The number of carboxylic acids is 1. The molecule has 1 heterocycles. The summed E-state index contributed by atoms with van der Waals surface area (Å²) in [4.78, 5) is 12.5. The minimum Gasteiger partial charge on any atom is -0.487 e. The zero-order valence-corrected chi connectivity index (χ0v) is 13.9. The monoisotopic (exact) mass is 344 g/mol. The molecular weight excluding hydrogens is 331 g/mol. The molecule has 21 heavy (non-hydrogen) atoms. The van der Waals surface area contributed by atoms with E-state index in [9.17, 15) is 9.90 Å². The summed E-state index contributed by atoms with van der Waals surface area (Å²) in [6.07, 6.45) is 0. The van der Waals surface area contributed by atoms with Gasteiger partial charge in [-0.1, -0.05) is 43.1 Å². The molecule has 0 radical (unpaired) electrons. The van der Waals surface area contributed by atoms with Crippen molar-refractivity contribution >= 4 is 40.5 Å². The van der Waals surface area contributed by atoms with Gasteiger partial charge >= 0.3 is 5.97 Å². The molecular formula is C15H14Cl2O3S. The van der Waals surface area contributed by atoms with E-state index in [1.54, 1.807) is 24.3 Å². The smallest absolute Gasteiger partial charge is 0.349 e. The first-order valence-electron chi connectivity index (χ1n) is 6.32. The lowest BCUT2D eigenvalue weighted by Crippen LogP contribution is -2.00. The second kappa shape index (κ2) is 6.69. The average molecular weight is 345 g/mol. The van der Waals surface area contributed by atoms with Crippen molar-refractivity contribution in [3.63, 3.8) is 0 Å². The zero-order valence-electron chi connectivity index (χ0n) is 11.5. The highest BCUT2D eigenvalue weighted by Crippen LogP contribution is 2.34. The van der Waals surface area contributed by atoms with Gasteiger partial charge in [0, 0.05) is 4.88 Å². The SMILES string of the molecule is CC(C)c1cc(OCc2ccc(Cl)c(Cl)c2)c(C(=O)O)s1. The first kappa shape index (κ1) is 16.1. The molecule has 0 atom stereocenters. The number of rotatable bonds is 5. The third-order valence-electron chi connectivity index (χ3n) is 2.86. The van der Waals surface area contributed by atoms with Gasteiger partial charge < -0.3 is 9.84 Å². The summed E-state index contributed by atoms with van der Waals surface area (Å²) < 4.78 is 5.64. The summed E-state index contributed by atoms with van der Waals surface area (Å²) >= 11 is 13.0. The molecule has 0 saturated heterocycles.